The molecule has 16 heteroatoms. The fraction of sp³-hybridized carbons (Fsp3) is 0.152. The molecule has 0 aliphatic carbocycles. The lowest BCUT2D eigenvalue weighted by Gasteiger charge is -2.12. The molecular formula is C33H30N6O10. The van der Waals surface area contributed by atoms with Gasteiger partial charge in [-0.05, 0) is 23.3 Å². The number of hydrogen-bond donors (Lipinski definition) is 2. The van der Waals surface area contributed by atoms with E-state index in [0.717, 1.165) is 23.6 Å². The number of ether oxygens (including phenoxy) is 4. The highest BCUT2D eigenvalue weighted by molar-refractivity contribution is 5.98. The van der Waals surface area contributed by atoms with Crippen LogP contribution in [0.3, 0.4) is 0 Å². The first-order valence-corrected chi connectivity index (χ1v) is 14.4. The standard InChI is InChI=1S/C33H30N6O10/c1-46-28-13-24(26(38(42)43)15-30(28)48-20-22-9-5-3-6-10-22)18-34-36-32(40)17-33(41)37-35-19-25-14-29(47-2)31(16-27(25)39(44)45)49-21-23-11-7-4-8-12-23/h3-16,18-19H,17,20-21H2,1-2H3,(H,36,40)(H,37,41)/b34-18-,35-19-. The van der Waals surface area contributed by atoms with Crippen LogP contribution in [0.2, 0.25) is 0 Å². The number of hydrogen-bond acceptors (Lipinski definition) is 12. The molecule has 4 rings (SSSR count). The van der Waals surface area contributed by atoms with Gasteiger partial charge in [0.15, 0.2) is 23.0 Å². The van der Waals surface area contributed by atoms with Crippen molar-refractivity contribution < 1.29 is 38.4 Å². The number of rotatable bonds is 16. The zero-order valence-corrected chi connectivity index (χ0v) is 26.2. The molecule has 49 heavy (non-hydrogen) atoms. The van der Waals surface area contributed by atoms with Crippen molar-refractivity contribution in [1.82, 2.24) is 10.9 Å². The molecule has 0 heterocycles. The van der Waals surface area contributed by atoms with Crippen LogP contribution >= 0.6 is 0 Å². The van der Waals surface area contributed by atoms with Gasteiger partial charge in [0.05, 0.1) is 59.8 Å². The molecule has 2 N–H and O–H groups in total. The van der Waals surface area contributed by atoms with Crippen molar-refractivity contribution in [2.75, 3.05) is 14.2 Å². The van der Waals surface area contributed by atoms with Crippen LogP contribution in [-0.4, -0.2) is 48.3 Å². The second kappa shape index (κ2) is 17.2. The maximum atomic E-state index is 12.3. The summed E-state index contributed by atoms with van der Waals surface area (Å²) in [4.78, 5) is 46.7. The van der Waals surface area contributed by atoms with E-state index in [9.17, 15) is 29.8 Å². The molecule has 0 aliphatic rings. The summed E-state index contributed by atoms with van der Waals surface area (Å²) in [5, 5.41) is 30.9. The number of benzene rings is 4. The van der Waals surface area contributed by atoms with Gasteiger partial charge in [0.2, 0.25) is 11.8 Å². The minimum absolute atomic E-state index is 0.00299. The zero-order valence-electron chi connectivity index (χ0n) is 26.2. The van der Waals surface area contributed by atoms with E-state index in [1.807, 2.05) is 60.7 Å². The summed E-state index contributed by atoms with van der Waals surface area (Å²) in [6, 6.07) is 23.4. The summed E-state index contributed by atoms with van der Waals surface area (Å²) >= 11 is 0. The molecule has 16 nitrogen and oxygen atoms in total. The summed E-state index contributed by atoms with van der Waals surface area (Å²) in [7, 11) is 2.73. The van der Waals surface area contributed by atoms with Crippen LogP contribution in [0.4, 0.5) is 11.4 Å². The van der Waals surface area contributed by atoms with Crippen molar-refractivity contribution in [2.24, 2.45) is 10.2 Å². The predicted molar refractivity (Wildman–Crippen MR) is 177 cm³/mol. The normalized spacial score (nSPS) is 10.8. The quantitative estimate of drug-likeness (QED) is 0.0729. The number of nitrogens with zero attached hydrogens (tertiary/aromatic N) is 4. The predicted octanol–water partition coefficient (Wildman–Crippen LogP) is 4.67. The molecular weight excluding hydrogens is 640 g/mol. The molecule has 4 aromatic carbocycles. The van der Waals surface area contributed by atoms with Gasteiger partial charge in [0.1, 0.15) is 19.6 Å². The largest absolute Gasteiger partial charge is 0.493 e. The Morgan fingerprint density at radius 1 is 0.653 bits per heavy atom. The van der Waals surface area contributed by atoms with Gasteiger partial charge in [-0.25, -0.2) is 10.9 Å². The van der Waals surface area contributed by atoms with Crippen LogP contribution in [0, 0.1) is 20.2 Å². The number of nitrogens with one attached hydrogen (secondary N) is 2. The number of carbonyl (C=O) groups is 2. The molecule has 0 radical (unpaired) electrons. The third kappa shape index (κ3) is 10.1. The molecule has 0 aliphatic heterocycles. The minimum Gasteiger partial charge on any atom is -0.493 e. The third-order valence-electron chi connectivity index (χ3n) is 6.60. The van der Waals surface area contributed by atoms with Crippen molar-refractivity contribution >= 4 is 35.6 Å². The molecule has 0 atom stereocenters. The van der Waals surface area contributed by atoms with Gasteiger partial charge in [0.25, 0.3) is 11.4 Å². The highest BCUT2D eigenvalue weighted by Gasteiger charge is 2.21. The Kier molecular flexibility index (Phi) is 12.3. The number of amides is 2. The van der Waals surface area contributed by atoms with Crippen LogP contribution < -0.4 is 29.8 Å². The molecule has 0 unspecified atom stereocenters. The van der Waals surface area contributed by atoms with Crippen molar-refractivity contribution in [3.05, 3.63) is 127 Å². The van der Waals surface area contributed by atoms with E-state index in [4.69, 9.17) is 18.9 Å². The van der Waals surface area contributed by atoms with E-state index in [-0.39, 0.29) is 58.7 Å². The summed E-state index contributed by atoms with van der Waals surface area (Å²) in [5.41, 5.74) is 5.17. The highest BCUT2D eigenvalue weighted by atomic mass is 16.6. The van der Waals surface area contributed by atoms with Gasteiger partial charge in [-0.2, -0.15) is 10.2 Å². The monoisotopic (exact) mass is 670 g/mol. The number of nitro benzene ring substituents is 2. The van der Waals surface area contributed by atoms with Crippen molar-refractivity contribution in [1.29, 1.82) is 0 Å². The molecule has 0 bridgehead atoms. The zero-order chi connectivity index (χ0) is 35.2. The van der Waals surface area contributed by atoms with E-state index in [1.165, 1.54) is 38.5 Å². The fourth-order valence-electron chi connectivity index (χ4n) is 4.24. The third-order valence-corrected chi connectivity index (χ3v) is 6.60. The van der Waals surface area contributed by atoms with Gasteiger partial charge < -0.3 is 18.9 Å². The fourth-order valence-corrected chi connectivity index (χ4v) is 4.24. The Balaban J connectivity index is 1.35. The second-order valence-electron chi connectivity index (χ2n) is 9.95. The van der Waals surface area contributed by atoms with Crippen LogP contribution in [0.5, 0.6) is 23.0 Å². The summed E-state index contributed by atoms with van der Waals surface area (Å²) in [6.07, 6.45) is 1.31. The van der Waals surface area contributed by atoms with Crippen molar-refractivity contribution in [3.63, 3.8) is 0 Å². The van der Waals surface area contributed by atoms with Gasteiger partial charge in [-0.15, -0.1) is 0 Å². The van der Waals surface area contributed by atoms with E-state index in [1.54, 1.807) is 0 Å². The van der Waals surface area contributed by atoms with Gasteiger partial charge in [-0.1, -0.05) is 60.7 Å². The second-order valence-corrected chi connectivity index (χ2v) is 9.95. The summed E-state index contributed by atoms with van der Waals surface area (Å²) in [5.74, 6) is -1.08. The van der Waals surface area contributed by atoms with Crippen molar-refractivity contribution in [3.8, 4) is 23.0 Å². The van der Waals surface area contributed by atoms with Gasteiger partial charge in [-0.3, -0.25) is 29.8 Å². The van der Waals surface area contributed by atoms with Gasteiger partial charge in [0, 0.05) is 0 Å². The Morgan fingerprint density at radius 2 is 1.04 bits per heavy atom. The SMILES string of the molecule is COc1cc(/C=N\NC(=O)CC(=O)N/N=C\c2cc(OC)c(OCc3ccccc3)cc2[N+](=O)[O-])c([N+](=O)[O-])cc1OCc1ccccc1. The first kappa shape index (κ1) is 35.0. The Hall–Kier alpha value is -6.84. The molecule has 0 aromatic heterocycles. The smallest absolute Gasteiger partial charge is 0.282 e. The lowest BCUT2D eigenvalue weighted by atomic mass is 10.1. The van der Waals surface area contributed by atoms with Gasteiger partial charge >= 0.3 is 0 Å². The van der Waals surface area contributed by atoms with Crippen LogP contribution in [0.1, 0.15) is 28.7 Å². The molecule has 2 amide bonds. The highest BCUT2D eigenvalue weighted by Crippen LogP contribution is 2.35. The first-order chi connectivity index (χ1) is 23.7. The summed E-state index contributed by atoms with van der Waals surface area (Å²) < 4.78 is 22.1. The number of hydrazone groups is 2. The lowest BCUT2D eigenvalue weighted by molar-refractivity contribution is -0.385. The van der Waals surface area contributed by atoms with E-state index < -0.39 is 28.1 Å². The number of nitro groups is 2. The van der Waals surface area contributed by atoms with Crippen LogP contribution in [0.25, 0.3) is 0 Å². The average Bonchev–Trinajstić information content (AvgIpc) is 3.10. The van der Waals surface area contributed by atoms with Crippen LogP contribution in [0.15, 0.2) is 95.1 Å². The minimum atomic E-state index is -0.867. The Labute approximate surface area is 279 Å². The van der Waals surface area contributed by atoms with E-state index in [2.05, 4.69) is 21.1 Å². The molecule has 4 aromatic rings. The average molecular weight is 671 g/mol. The van der Waals surface area contributed by atoms with E-state index in [0.29, 0.717) is 0 Å². The topological polar surface area (TPSA) is 206 Å². The molecule has 0 saturated carbocycles. The molecule has 0 spiro atoms. The Morgan fingerprint density at radius 3 is 1.39 bits per heavy atom. The van der Waals surface area contributed by atoms with Crippen LogP contribution in [-0.2, 0) is 22.8 Å². The Bertz CT molecular complexity index is 1730. The maximum Gasteiger partial charge on any atom is 0.282 e. The lowest BCUT2D eigenvalue weighted by Crippen LogP contribution is -2.27. The molecule has 252 valence electrons. The summed E-state index contributed by atoms with van der Waals surface area (Å²) in [6.45, 7) is 0.289. The van der Waals surface area contributed by atoms with Crippen molar-refractivity contribution in [2.45, 2.75) is 19.6 Å². The maximum absolute atomic E-state index is 12.3. The number of methoxy groups -OCH3 is 2. The molecule has 0 saturated heterocycles. The van der Waals surface area contributed by atoms with E-state index >= 15 is 0 Å². The first-order valence-electron chi connectivity index (χ1n) is 14.4. The number of carbonyl (C=O) groups excluding carboxylic acids is 2. The molecule has 0 fully saturated rings.